The smallest absolute Gasteiger partial charge is 0.258 e. The fourth-order valence-electron chi connectivity index (χ4n) is 4.58. The highest BCUT2D eigenvalue weighted by atomic mass is 16.5. The van der Waals surface area contributed by atoms with Crippen LogP contribution in [-0.4, -0.2) is 60.4 Å². The first-order valence-corrected chi connectivity index (χ1v) is 10.7. The van der Waals surface area contributed by atoms with Gasteiger partial charge >= 0.3 is 0 Å². The van der Waals surface area contributed by atoms with Crippen LogP contribution < -0.4 is 14.5 Å². The summed E-state index contributed by atoms with van der Waals surface area (Å²) in [5.41, 5.74) is 1.43. The van der Waals surface area contributed by atoms with Crippen molar-refractivity contribution in [3.8, 4) is 5.88 Å². The van der Waals surface area contributed by atoms with Crippen LogP contribution in [0, 0.1) is 5.41 Å². The third-order valence-electron chi connectivity index (χ3n) is 6.62. The third kappa shape index (κ3) is 3.13. The Kier molecular flexibility index (Phi) is 4.23. The van der Waals surface area contributed by atoms with E-state index in [0.717, 1.165) is 74.8 Å². The molecule has 0 N–H and O–H groups in total. The fraction of sp³-hybridized carbons (Fsp3) is 0.435. The molecule has 0 amide bonds. The highest BCUT2D eigenvalue weighted by Gasteiger charge is 2.42. The molecule has 7 nitrogen and oxygen atoms in total. The van der Waals surface area contributed by atoms with E-state index in [-0.39, 0.29) is 6.10 Å². The zero-order valence-electron chi connectivity index (χ0n) is 16.9. The maximum atomic E-state index is 6.26. The molecule has 3 aliphatic rings. The predicted octanol–water partition coefficient (Wildman–Crippen LogP) is 2.91. The van der Waals surface area contributed by atoms with Gasteiger partial charge in [-0.3, -0.25) is 0 Å². The Bertz CT molecular complexity index is 1050. The van der Waals surface area contributed by atoms with E-state index in [0.29, 0.717) is 11.3 Å². The molecule has 3 aromatic rings. The zero-order valence-corrected chi connectivity index (χ0v) is 16.9. The normalized spacial score (nSPS) is 20.8. The molecule has 2 aromatic heterocycles. The number of anilines is 2. The van der Waals surface area contributed by atoms with E-state index < -0.39 is 0 Å². The molecule has 5 heterocycles. The van der Waals surface area contributed by atoms with Crippen molar-refractivity contribution in [1.82, 2.24) is 15.0 Å². The average molecular weight is 403 g/mol. The number of hydrogen-bond acceptors (Lipinski definition) is 7. The first kappa shape index (κ1) is 17.9. The van der Waals surface area contributed by atoms with Crippen LogP contribution in [0.4, 0.5) is 11.6 Å². The minimum atomic E-state index is 0.102. The lowest BCUT2D eigenvalue weighted by atomic mass is 9.77. The number of benzene rings is 1. The average Bonchev–Trinajstić information content (AvgIpc) is 2.75. The van der Waals surface area contributed by atoms with Gasteiger partial charge in [0.1, 0.15) is 11.9 Å². The third-order valence-corrected chi connectivity index (χ3v) is 6.62. The van der Waals surface area contributed by atoms with Crippen molar-refractivity contribution in [3.05, 3.63) is 48.8 Å². The maximum absolute atomic E-state index is 6.26. The molecule has 3 aliphatic heterocycles. The molecule has 30 heavy (non-hydrogen) atoms. The molecule has 0 radical (unpaired) electrons. The number of piperidine rings is 1. The second-order valence-corrected chi connectivity index (χ2v) is 8.67. The molecular formula is C23H25N5O2. The molecule has 0 atom stereocenters. The Morgan fingerprint density at radius 3 is 2.53 bits per heavy atom. The minimum absolute atomic E-state index is 0.102. The number of fused-ring (bicyclic) bond motifs is 1. The van der Waals surface area contributed by atoms with Gasteiger partial charge < -0.3 is 19.3 Å². The molecule has 7 heteroatoms. The summed E-state index contributed by atoms with van der Waals surface area (Å²) in [6.45, 7) is 5.40. The van der Waals surface area contributed by atoms with Crippen molar-refractivity contribution in [2.45, 2.75) is 18.9 Å². The molecule has 1 spiro atoms. The van der Waals surface area contributed by atoms with E-state index in [1.54, 1.807) is 12.4 Å². The van der Waals surface area contributed by atoms with Crippen molar-refractivity contribution in [1.29, 1.82) is 0 Å². The van der Waals surface area contributed by atoms with E-state index in [9.17, 15) is 0 Å². The summed E-state index contributed by atoms with van der Waals surface area (Å²) in [4.78, 5) is 18.4. The van der Waals surface area contributed by atoms with Crippen molar-refractivity contribution >= 4 is 22.5 Å². The summed E-state index contributed by atoms with van der Waals surface area (Å²) in [6.07, 6.45) is 5.86. The number of hydrogen-bond donors (Lipinski definition) is 0. The standard InChI is InChI=1S/C23H25N5O2/c1-2-4-19-17(3-1)5-6-20(26-19)28-13-18(14-28)30-22-21(24-9-10-25-22)27-11-7-23(8-12-27)15-29-16-23/h1-6,9-10,18H,7-8,11-16H2. The van der Waals surface area contributed by atoms with Crippen LogP contribution in [0.5, 0.6) is 5.88 Å². The Hall–Kier alpha value is -2.93. The molecule has 0 bridgehead atoms. The Morgan fingerprint density at radius 2 is 1.73 bits per heavy atom. The van der Waals surface area contributed by atoms with E-state index >= 15 is 0 Å². The van der Waals surface area contributed by atoms with Gasteiger partial charge in [-0.1, -0.05) is 18.2 Å². The van der Waals surface area contributed by atoms with Gasteiger partial charge in [-0.2, -0.15) is 0 Å². The van der Waals surface area contributed by atoms with E-state index in [1.165, 1.54) is 0 Å². The Labute approximate surface area is 175 Å². The van der Waals surface area contributed by atoms with Gasteiger partial charge in [0.15, 0.2) is 5.82 Å². The molecule has 6 rings (SSSR count). The number of para-hydroxylation sites is 1. The SMILES string of the molecule is c1ccc2nc(N3CC(Oc4nccnc4N4CCC5(CC4)COC5)C3)ccc2c1. The number of pyridine rings is 1. The van der Waals surface area contributed by atoms with E-state index in [1.807, 2.05) is 12.1 Å². The Balaban J connectivity index is 1.11. The van der Waals surface area contributed by atoms with Gasteiger partial charge in [-0.25, -0.2) is 15.0 Å². The van der Waals surface area contributed by atoms with Crippen molar-refractivity contribution < 1.29 is 9.47 Å². The molecule has 3 fully saturated rings. The summed E-state index contributed by atoms with van der Waals surface area (Å²) in [6, 6.07) is 12.4. The van der Waals surface area contributed by atoms with Crippen molar-refractivity contribution in [2.24, 2.45) is 5.41 Å². The summed E-state index contributed by atoms with van der Waals surface area (Å²) < 4.78 is 11.7. The van der Waals surface area contributed by atoms with Crippen LogP contribution in [0.15, 0.2) is 48.8 Å². The van der Waals surface area contributed by atoms with Crippen molar-refractivity contribution in [2.75, 3.05) is 49.2 Å². The molecule has 3 saturated heterocycles. The monoisotopic (exact) mass is 403 g/mol. The second-order valence-electron chi connectivity index (χ2n) is 8.67. The van der Waals surface area contributed by atoms with Gasteiger partial charge in [0.2, 0.25) is 0 Å². The lowest BCUT2D eigenvalue weighted by molar-refractivity contribution is -0.124. The van der Waals surface area contributed by atoms with E-state index in [2.05, 4.69) is 44.0 Å². The van der Waals surface area contributed by atoms with Gasteiger partial charge in [-0.05, 0) is 31.0 Å². The van der Waals surface area contributed by atoms with Gasteiger partial charge in [0.05, 0.1) is 31.8 Å². The first-order chi connectivity index (χ1) is 14.8. The number of rotatable bonds is 4. The van der Waals surface area contributed by atoms with Gasteiger partial charge in [0.25, 0.3) is 5.88 Å². The summed E-state index contributed by atoms with van der Waals surface area (Å²) >= 11 is 0. The first-order valence-electron chi connectivity index (χ1n) is 10.7. The van der Waals surface area contributed by atoms with Crippen molar-refractivity contribution in [3.63, 3.8) is 0 Å². The maximum Gasteiger partial charge on any atom is 0.258 e. The molecule has 0 aliphatic carbocycles. The van der Waals surface area contributed by atoms with Crippen LogP contribution in [-0.2, 0) is 4.74 Å². The number of aromatic nitrogens is 3. The van der Waals surface area contributed by atoms with Crippen LogP contribution in [0.25, 0.3) is 10.9 Å². The number of ether oxygens (including phenoxy) is 2. The van der Waals surface area contributed by atoms with Crippen LogP contribution in [0.2, 0.25) is 0 Å². The summed E-state index contributed by atoms with van der Waals surface area (Å²) in [5, 5.41) is 1.16. The summed E-state index contributed by atoms with van der Waals surface area (Å²) in [5.74, 6) is 2.52. The summed E-state index contributed by atoms with van der Waals surface area (Å²) in [7, 11) is 0. The highest BCUT2D eigenvalue weighted by Crippen LogP contribution is 2.40. The molecule has 1 aromatic carbocycles. The molecule has 0 unspecified atom stereocenters. The van der Waals surface area contributed by atoms with Crippen LogP contribution >= 0.6 is 0 Å². The molecular weight excluding hydrogens is 378 g/mol. The predicted molar refractivity (Wildman–Crippen MR) is 115 cm³/mol. The molecule has 154 valence electrons. The van der Waals surface area contributed by atoms with Crippen LogP contribution in [0.1, 0.15) is 12.8 Å². The highest BCUT2D eigenvalue weighted by molar-refractivity contribution is 5.80. The van der Waals surface area contributed by atoms with Gasteiger partial charge in [0, 0.05) is 36.3 Å². The Morgan fingerprint density at radius 1 is 0.933 bits per heavy atom. The lowest BCUT2D eigenvalue weighted by Crippen LogP contribution is -2.54. The van der Waals surface area contributed by atoms with Gasteiger partial charge in [-0.15, -0.1) is 0 Å². The largest absolute Gasteiger partial charge is 0.468 e. The lowest BCUT2D eigenvalue weighted by Gasteiger charge is -2.47. The quantitative estimate of drug-likeness (QED) is 0.664. The fourth-order valence-corrected chi connectivity index (χ4v) is 4.58. The topological polar surface area (TPSA) is 63.6 Å². The van der Waals surface area contributed by atoms with Crippen LogP contribution in [0.3, 0.4) is 0 Å². The zero-order chi connectivity index (χ0) is 20.0. The number of nitrogens with zero attached hydrogens (tertiary/aromatic N) is 5. The second kappa shape index (κ2) is 7.09. The van der Waals surface area contributed by atoms with E-state index in [4.69, 9.17) is 14.5 Å². The minimum Gasteiger partial charge on any atom is -0.468 e. The molecule has 0 saturated carbocycles.